The number of carboxylic acids is 1. The van der Waals surface area contributed by atoms with Crippen molar-refractivity contribution < 1.29 is 53.2 Å². The topological polar surface area (TPSA) is 362 Å². The van der Waals surface area contributed by atoms with Gasteiger partial charge in [0.25, 0.3) is 5.91 Å². The second kappa shape index (κ2) is 46.4. The normalized spacial score (nSPS) is 13.4. The van der Waals surface area contributed by atoms with E-state index in [9.17, 15) is 38.7 Å². The Morgan fingerprint density at radius 2 is 0.879 bits per heavy atom. The van der Waals surface area contributed by atoms with E-state index in [1.54, 1.807) is 244 Å². The van der Waals surface area contributed by atoms with Crippen molar-refractivity contribution in [3.05, 3.63) is 329 Å². The van der Waals surface area contributed by atoms with Gasteiger partial charge in [0, 0.05) is 36.5 Å². The lowest BCUT2D eigenvalue weighted by Gasteiger charge is -2.43. The van der Waals surface area contributed by atoms with E-state index in [4.69, 9.17) is 51.6 Å². The fourth-order valence-electron chi connectivity index (χ4n) is 11.5. The summed E-state index contributed by atoms with van der Waals surface area (Å²) in [5.74, 6) is -1.93. The maximum atomic E-state index is 13.9. The molecule has 2 fully saturated rings. The van der Waals surface area contributed by atoms with Gasteiger partial charge in [-0.2, -0.15) is 26.0 Å². The SMILES string of the molecule is CC(C)(Nc1ccc(C#N)cc1)C(=O)O.COC(=O)C(C)(C)N.COC(=O)C(C)(C)Nc1ccc(C#N)cc1.Cc1ccc(N2C(=O)N(c3ccc(C#N)cc3)C(C)(C)C2=O)cc1.Cc1ccc(N=C=O)cc1.Cl.[C-]#[N+]c1ccc(I)cc1.[C-]#[N+]c1cccc(Br)c1.[C-]#[N+]c1cccc(C2(O)N(c3ccc(C)cc3)C(=O)N(c3ccc(C#N)cc3)C2(C)C)c1. The number of nitrogens with zero attached hydrogens (tertiary/aromatic N) is 12. The molecule has 1 atom stereocenters. The van der Waals surface area contributed by atoms with Gasteiger partial charge in [0.1, 0.15) is 22.2 Å². The molecule has 0 aromatic heterocycles. The number of nitrogens with two attached hydrogens (primary N) is 1. The Bertz CT molecular complexity index is 5740. The van der Waals surface area contributed by atoms with Crippen LogP contribution in [0.25, 0.3) is 14.5 Å². The first-order chi connectivity index (χ1) is 58.0. The van der Waals surface area contributed by atoms with Crippen molar-refractivity contribution in [1.29, 1.82) is 21.0 Å². The average Bonchev–Trinajstić information content (AvgIpc) is 1.53. The number of methoxy groups -OCH3 is 2. The highest BCUT2D eigenvalue weighted by Crippen LogP contribution is 2.51. The summed E-state index contributed by atoms with van der Waals surface area (Å²) in [6.07, 6.45) is 1.48. The Balaban J connectivity index is 0.000000313. The van der Waals surface area contributed by atoms with Gasteiger partial charge in [-0.25, -0.2) is 43.4 Å². The molecule has 29 heteroatoms. The number of nitriles is 4. The van der Waals surface area contributed by atoms with E-state index >= 15 is 0 Å². The van der Waals surface area contributed by atoms with Crippen molar-refractivity contribution in [1.82, 2.24) is 0 Å². The van der Waals surface area contributed by atoms with Crippen LogP contribution in [0.3, 0.4) is 0 Å². The number of hydrogen-bond acceptors (Lipinski definition) is 18. The molecule has 2 heterocycles. The third kappa shape index (κ3) is 27.9. The van der Waals surface area contributed by atoms with Crippen molar-refractivity contribution >= 4 is 150 Å². The molecule has 2 saturated heterocycles. The lowest BCUT2D eigenvalue weighted by Crippen LogP contribution is -2.56. The van der Waals surface area contributed by atoms with E-state index < -0.39 is 57.4 Å². The lowest BCUT2D eigenvalue weighted by molar-refractivity contribution is -0.146. The second-order valence-corrected chi connectivity index (χ2v) is 31.9. The molecule has 6 N–H and O–H groups in total. The highest BCUT2D eigenvalue weighted by Gasteiger charge is 2.64. The Morgan fingerprint density at radius 3 is 1.25 bits per heavy atom. The second-order valence-electron chi connectivity index (χ2n) is 29.8. The van der Waals surface area contributed by atoms with Crippen LogP contribution in [0.15, 0.2) is 252 Å². The van der Waals surface area contributed by atoms with E-state index in [1.807, 2.05) is 112 Å². The number of rotatable bonds is 13. The summed E-state index contributed by atoms with van der Waals surface area (Å²) < 4.78 is 11.2. The van der Waals surface area contributed by atoms with Gasteiger partial charge in [0.05, 0.1) is 97.4 Å². The van der Waals surface area contributed by atoms with Gasteiger partial charge in [-0.1, -0.05) is 130 Å². The number of benzene rings is 10. The smallest absolute Gasteiger partial charge is 0.336 e. The van der Waals surface area contributed by atoms with Crippen LogP contribution in [0.4, 0.5) is 66.5 Å². The molecule has 124 heavy (non-hydrogen) atoms. The molecule has 0 bridgehead atoms. The van der Waals surface area contributed by atoms with E-state index in [-0.39, 0.29) is 24.3 Å². The number of carboxylic acid groups (broad SMARTS) is 1. The number of nitrogens with one attached hydrogen (secondary N) is 2. The zero-order valence-corrected chi connectivity index (χ0v) is 75.3. The van der Waals surface area contributed by atoms with Gasteiger partial charge in [0.15, 0.2) is 22.8 Å². The third-order valence-corrected chi connectivity index (χ3v) is 19.5. The van der Waals surface area contributed by atoms with Gasteiger partial charge >= 0.3 is 30.0 Å². The van der Waals surface area contributed by atoms with E-state index in [2.05, 4.69) is 84.2 Å². The highest BCUT2D eigenvalue weighted by molar-refractivity contribution is 14.1. The first-order valence-corrected chi connectivity index (χ1v) is 39.2. The number of aliphatic hydroxyl groups is 1. The van der Waals surface area contributed by atoms with Gasteiger partial charge in [0.2, 0.25) is 6.08 Å². The number of imide groups is 1. The van der Waals surface area contributed by atoms with Gasteiger partial charge in [-0.3, -0.25) is 24.3 Å². The summed E-state index contributed by atoms with van der Waals surface area (Å²) in [6, 6.07) is 77.7. The molecular weight excluding hydrogens is 1770 g/mol. The fraction of sp³-hybridized carbons (Fsp3) is 0.221. The van der Waals surface area contributed by atoms with E-state index in [1.165, 1.54) is 38.6 Å². The number of hydrogen-bond donors (Lipinski definition) is 5. The summed E-state index contributed by atoms with van der Waals surface area (Å²) >= 11 is 5.47. The monoisotopic (exact) mass is 1860 g/mol. The molecule has 2 aliphatic rings. The number of anilines is 6. The molecular formula is C95H92BrClIN15O11. The predicted molar refractivity (Wildman–Crippen MR) is 495 cm³/mol. The molecule has 0 aliphatic carbocycles. The largest absolute Gasteiger partial charge is 0.480 e. The summed E-state index contributed by atoms with van der Waals surface area (Å²) in [7, 11) is 2.67. The minimum absolute atomic E-state index is 0. The lowest BCUT2D eigenvalue weighted by atomic mass is 9.83. The Hall–Kier alpha value is -14.4. The summed E-state index contributed by atoms with van der Waals surface area (Å²) in [6.45, 7) is 43.4. The Morgan fingerprint density at radius 1 is 0.508 bits per heavy atom. The van der Waals surface area contributed by atoms with Crippen LogP contribution in [0.5, 0.6) is 0 Å². The summed E-state index contributed by atoms with van der Waals surface area (Å²) in [4.78, 5) is 101. The van der Waals surface area contributed by atoms with Gasteiger partial charge in [-0.15, -0.1) is 12.4 Å². The first-order valence-electron chi connectivity index (χ1n) is 37.3. The molecule has 10 aromatic carbocycles. The molecule has 0 radical (unpaired) electrons. The van der Waals surface area contributed by atoms with Crippen LogP contribution in [0.1, 0.15) is 114 Å². The first kappa shape index (κ1) is 102. The van der Waals surface area contributed by atoms with Crippen LogP contribution < -0.4 is 36.0 Å². The van der Waals surface area contributed by atoms with Crippen LogP contribution in [0, 0.1) is 89.4 Å². The maximum Gasteiger partial charge on any atom is 0.336 e. The third-order valence-electron chi connectivity index (χ3n) is 18.2. The van der Waals surface area contributed by atoms with Crippen LogP contribution >= 0.6 is 50.9 Å². The molecule has 12 rings (SSSR count). The van der Waals surface area contributed by atoms with Gasteiger partial charge in [-0.05, 0) is 264 Å². The number of urea groups is 2. The van der Waals surface area contributed by atoms with E-state index in [0.717, 1.165) is 26.9 Å². The minimum Gasteiger partial charge on any atom is -0.480 e. The number of isocyanates is 1. The van der Waals surface area contributed by atoms with Crippen molar-refractivity contribution in [2.45, 2.75) is 123 Å². The van der Waals surface area contributed by atoms with E-state index in [0.29, 0.717) is 79.0 Å². The van der Waals surface area contributed by atoms with Crippen molar-refractivity contribution in [3.63, 3.8) is 0 Å². The summed E-state index contributed by atoms with van der Waals surface area (Å²) in [5.41, 5.74) is 10.7. The zero-order chi connectivity index (χ0) is 91.8. The fourth-order valence-corrected chi connectivity index (χ4v) is 12.2. The van der Waals surface area contributed by atoms with Gasteiger partial charge < -0.3 is 36.1 Å². The molecule has 0 spiro atoms. The molecule has 10 aromatic rings. The number of carbonyl (C=O) groups is 6. The molecule has 1 unspecified atom stereocenters. The number of aryl methyl sites for hydroxylation is 3. The highest BCUT2D eigenvalue weighted by atomic mass is 127. The van der Waals surface area contributed by atoms with Crippen molar-refractivity contribution in [3.8, 4) is 24.3 Å². The van der Waals surface area contributed by atoms with Crippen molar-refractivity contribution in [2.24, 2.45) is 10.7 Å². The number of esters is 2. The number of ether oxygens (including phenoxy) is 2. The standard InChI is InChI=1S/C26H22N4O2.C19H17N3O2.C12H14N2O2.C11H12N2O2.C8H7NO.C7H4BrN.C7H4IN.C5H11NO2.ClH/c1-18-8-12-23(13-9-18)30-24(31)29(22-14-10-19(17-27)11-15-22)25(2,3)26(30,32)20-6-5-7-21(16-20)28-4;1-13-4-8-15(9-5-13)21-17(23)19(2,3)22(18(21)24)16-10-6-14(12-20)7-11-16;1-12(2,11(15)16-3)14-10-6-4-9(8-13)5-7-10;1-11(2,10(14)15)13-9-5-3-8(7-12)4-6-9;1-7-2-4-8(5-3-7)9-6-10;1-9-7-4-2-3-6(8)5-7;1-9-7-4-2-6(8)3-5-7;1-5(2,6)4(7)8-3;/h5-16,32H,1-3H3;4-11H,1-3H3;4-7,14H,1-3H3;3-6,13H,1-2H3,(H,14,15);2-5H,1H3;2*2-5H;6H2,1-3H3;1H. The average molecular weight is 1860 g/mol. The predicted octanol–water partition coefficient (Wildman–Crippen LogP) is 21.0. The number of aliphatic carboxylic acids is 1. The Kier molecular flexibility index (Phi) is 38.2. The number of halogens is 3. The quantitative estimate of drug-likeness (QED) is 0.0179. The number of amides is 5. The zero-order valence-electron chi connectivity index (χ0n) is 70.8. The molecule has 5 amide bonds. The van der Waals surface area contributed by atoms with Crippen LogP contribution in [-0.2, 0) is 39.2 Å². The van der Waals surface area contributed by atoms with Crippen LogP contribution in [0.2, 0.25) is 0 Å². The van der Waals surface area contributed by atoms with Crippen LogP contribution in [-0.4, -0.2) is 94.1 Å². The number of aliphatic imine (C=N–C) groups is 1. The van der Waals surface area contributed by atoms with Crippen molar-refractivity contribution in [2.75, 3.05) is 44.5 Å². The Labute approximate surface area is 751 Å². The maximum absolute atomic E-state index is 13.9. The minimum atomic E-state index is -1.77. The molecule has 2 aliphatic heterocycles. The molecule has 634 valence electrons. The molecule has 26 nitrogen and oxygen atoms in total. The molecule has 0 saturated carbocycles. The summed E-state index contributed by atoms with van der Waals surface area (Å²) in [5, 5.41) is 62.4. The number of carbonyl (C=O) groups excluding carboxylic acids is 6.